The summed E-state index contributed by atoms with van der Waals surface area (Å²) in [6.07, 6.45) is 2.25. The van der Waals surface area contributed by atoms with Crippen LogP contribution in [0, 0.1) is 17.7 Å². The quantitative estimate of drug-likeness (QED) is 0.631. The fourth-order valence-corrected chi connectivity index (χ4v) is 4.46. The van der Waals surface area contributed by atoms with E-state index in [0.717, 1.165) is 25.9 Å². The molecule has 33 heavy (non-hydrogen) atoms. The van der Waals surface area contributed by atoms with Crippen LogP contribution in [0.15, 0.2) is 29.6 Å². The van der Waals surface area contributed by atoms with Crippen molar-refractivity contribution < 1.29 is 18.8 Å². The maximum absolute atomic E-state index is 13.2. The minimum Gasteiger partial charge on any atom is -0.342 e. The second-order valence-electron chi connectivity index (χ2n) is 9.02. The first-order valence-electron chi connectivity index (χ1n) is 11.3. The third-order valence-electron chi connectivity index (χ3n) is 5.57. The number of nitrogens with zero attached hydrogens (tertiary/aromatic N) is 3. The zero-order valence-corrected chi connectivity index (χ0v) is 20.2. The smallest absolute Gasteiger partial charge is 0.254 e. The van der Waals surface area contributed by atoms with Crippen molar-refractivity contribution in [3.8, 4) is 0 Å². The highest BCUT2D eigenvalue weighted by molar-refractivity contribution is 7.13. The SMILES string of the molecule is CC(C)CN(CC(=O)Nc1nc(CC(=O)N2CCC(C)CC2)cs1)C(=O)c1ccc(F)cc1. The van der Waals surface area contributed by atoms with Crippen molar-refractivity contribution in [3.63, 3.8) is 0 Å². The number of carbonyl (C=O) groups excluding carboxylic acids is 3. The Bertz CT molecular complexity index is 968. The lowest BCUT2D eigenvalue weighted by atomic mass is 9.99. The van der Waals surface area contributed by atoms with Gasteiger partial charge < -0.3 is 15.1 Å². The van der Waals surface area contributed by atoms with E-state index in [1.165, 1.54) is 40.5 Å². The van der Waals surface area contributed by atoms with Crippen LogP contribution in [0.2, 0.25) is 0 Å². The second-order valence-corrected chi connectivity index (χ2v) is 9.88. The van der Waals surface area contributed by atoms with Gasteiger partial charge in [-0.1, -0.05) is 20.8 Å². The van der Waals surface area contributed by atoms with Gasteiger partial charge in [-0.2, -0.15) is 0 Å². The molecule has 3 rings (SSSR count). The van der Waals surface area contributed by atoms with Gasteiger partial charge in [-0.3, -0.25) is 14.4 Å². The number of thiazole rings is 1. The van der Waals surface area contributed by atoms with Crippen molar-refractivity contribution in [1.82, 2.24) is 14.8 Å². The van der Waals surface area contributed by atoms with Gasteiger partial charge in [-0.25, -0.2) is 9.37 Å². The zero-order chi connectivity index (χ0) is 24.0. The highest BCUT2D eigenvalue weighted by Gasteiger charge is 2.23. The number of hydrogen-bond acceptors (Lipinski definition) is 5. The van der Waals surface area contributed by atoms with Crippen molar-refractivity contribution >= 4 is 34.2 Å². The molecule has 0 bridgehead atoms. The third-order valence-corrected chi connectivity index (χ3v) is 6.37. The van der Waals surface area contributed by atoms with Crippen molar-refractivity contribution in [2.45, 2.75) is 40.0 Å². The van der Waals surface area contributed by atoms with Gasteiger partial charge in [0, 0.05) is 30.6 Å². The summed E-state index contributed by atoms with van der Waals surface area (Å²) in [5.41, 5.74) is 0.951. The van der Waals surface area contributed by atoms with E-state index in [1.54, 1.807) is 5.38 Å². The van der Waals surface area contributed by atoms with Gasteiger partial charge in [0.05, 0.1) is 12.1 Å². The molecular weight excluding hydrogens is 443 g/mol. The number of aromatic nitrogens is 1. The Balaban J connectivity index is 1.57. The molecule has 3 amide bonds. The monoisotopic (exact) mass is 474 g/mol. The molecular formula is C24H31FN4O3S. The van der Waals surface area contributed by atoms with Crippen LogP contribution in [0.25, 0.3) is 0 Å². The Kier molecular flexibility index (Phi) is 8.55. The lowest BCUT2D eigenvalue weighted by molar-refractivity contribution is -0.131. The summed E-state index contributed by atoms with van der Waals surface area (Å²) in [7, 11) is 0. The fraction of sp³-hybridized carbons (Fsp3) is 0.500. The van der Waals surface area contributed by atoms with Gasteiger partial charge in [0.2, 0.25) is 11.8 Å². The normalized spacial score (nSPS) is 14.4. The zero-order valence-electron chi connectivity index (χ0n) is 19.3. The van der Waals surface area contributed by atoms with Gasteiger partial charge >= 0.3 is 0 Å². The molecule has 2 aromatic rings. The molecule has 1 aromatic carbocycles. The van der Waals surface area contributed by atoms with Gasteiger partial charge in [0.15, 0.2) is 5.13 Å². The lowest BCUT2D eigenvalue weighted by Gasteiger charge is -2.30. The first-order valence-corrected chi connectivity index (χ1v) is 12.2. The van der Waals surface area contributed by atoms with Gasteiger partial charge in [-0.15, -0.1) is 11.3 Å². The number of benzene rings is 1. The maximum Gasteiger partial charge on any atom is 0.254 e. The molecule has 0 unspecified atom stereocenters. The summed E-state index contributed by atoms with van der Waals surface area (Å²) in [5, 5.41) is 4.90. The summed E-state index contributed by atoms with van der Waals surface area (Å²) in [5.74, 6) is -0.271. The molecule has 1 N–H and O–H groups in total. The fourth-order valence-electron chi connectivity index (χ4n) is 3.74. The van der Waals surface area contributed by atoms with Crippen LogP contribution in [0.1, 0.15) is 49.7 Å². The second kappa shape index (κ2) is 11.4. The Morgan fingerprint density at radius 3 is 2.52 bits per heavy atom. The first kappa shape index (κ1) is 24.8. The number of piperidine rings is 1. The Morgan fingerprint density at radius 2 is 1.88 bits per heavy atom. The Morgan fingerprint density at radius 1 is 1.21 bits per heavy atom. The van der Waals surface area contributed by atoms with Crippen LogP contribution >= 0.6 is 11.3 Å². The van der Waals surface area contributed by atoms with E-state index in [0.29, 0.717) is 28.9 Å². The predicted molar refractivity (Wildman–Crippen MR) is 127 cm³/mol. The number of nitrogens with one attached hydrogen (secondary N) is 1. The van der Waals surface area contributed by atoms with Crippen molar-refractivity contribution in [2.24, 2.45) is 11.8 Å². The minimum absolute atomic E-state index is 0.0538. The molecule has 1 aliphatic rings. The summed E-state index contributed by atoms with van der Waals surface area (Å²) in [4.78, 5) is 45.7. The molecule has 0 atom stereocenters. The summed E-state index contributed by atoms with van der Waals surface area (Å²) in [6, 6.07) is 5.28. The van der Waals surface area contributed by atoms with E-state index in [1.807, 2.05) is 18.7 Å². The summed E-state index contributed by atoms with van der Waals surface area (Å²) < 4.78 is 13.2. The number of likely N-dealkylation sites (tertiary alicyclic amines) is 1. The van der Waals surface area contributed by atoms with Crippen LogP contribution in [0.4, 0.5) is 9.52 Å². The minimum atomic E-state index is -0.424. The molecule has 178 valence electrons. The van der Waals surface area contributed by atoms with E-state index in [-0.39, 0.29) is 36.6 Å². The molecule has 9 heteroatoms. The summed E-state index contributed by atoms with van der Waals surface area (Å²) in [6.45, 7) is 7.91. The van der Waals surface area contributed by atoms with E-state index < -0.39 is 5.82 Å². The predicted octanol–water partition coefficient (Wildman–Crippen LogP) is 3.82. The number of halogens is 1. The Hall–Kier alpha value is -2.81. The lowest BCUT2D eigenvalue weighted by Crippen LogP contribution is -2.40. The van der Waals surface area contributed by atoms with Crippen molar-refractivity contribution in [2.75, 3.05) is 31.5 Å². The summed E-state index contributed by atoms with van der Waals surface area (Å²) >= 11 is 1.26. The van der Waals surface area contributed by atoms with E-state index >= 15 is 0 Å². The van der Waals surface area contributed by atoms with Gasteiger partial charge in [0.25, 0.3) is 5.91 Å². The Labute approximate surface area is 198 Å². The van der Waals surface area contributed by atoms with Crippen LogP contribution in [0.3, 0.4) is 0 Å². The first-order chi connectivity index (χ1) is 15.7. The number of anilines is 1. The van der Waals surface area contributed by atoms with E-state index in [9.17, 15) is 18.8 Å². The highest BCUT2D eigenvalue weighted by atomic mass is 32.1. The highest BCUT2D eigenvalue weighted by Crippen LogP contribution is 2.20. The molecule has 1 aliphatic heterocycles. The van der Waals surface area contributed by atoms with E-state index in [2.05, 4.69) is 17.2 Å². The molecule has 0 aliphatic carbocycles. The number of hydrogen-bond donors (Lipinski definition) is 1. The van der Waals surface area contributed by atoms with Crippen LogP contribution in [0.5, 0.6) is 0 Å². The molecule has 1 aromatic heterocycles. The topological polar surface area (TPSA) is 82.6 Å². The molecule has 0 saturated carbocycles. The van der Waals surface area contributed by atoms with Crippen molar-refractivity contribution in [3.05, 3.63) is 46.7 Å². The largest absolute Gasteiger partial charge is 0.342 e. The van der Waals surface area contributed by atoms with Crippen LogP contribution < -0.4 is 5.32 Å². The molecule has 0 spiro atoms. The number of rotatable bonds is 8. The van der Waals surface area contributed by atoms with Gasteiger partial charge in [-0.05, 0) is 48.9 Å². The average molecular weight is 475 g/mol. The van der Waals surface area contributed by atoms with Crippen LogP contribution in [-0.4, -0.2) is 58.7 Å². The molecule has 2 heterocycles. The molecule has 0 radical (unpaired) electrons. The molecule has 7 nitrogen and oxygen atoms in total. The molecule has 1 fully saturated rings. The van der Waals surface area contributed by atoms with Crippen LogP contribution in [-0.2, 0) is 16.0 Å². The average Bonchev–Trinajstić information content (AvgIpc) is 3.19. The number of amides is 3. The molecule has 1 saturated heterocycles. The third kappa shape index (κ3) is 7.35. The van der Waals surface area contributed by atoms with Gasteiger partial charge in [0.1, 0.15) is 12.4 Å². The number of carbonyl (C=O) groups is 3. The maximum atomic E-state index is 13.2. The standard InChI is InChI=1S/C24H31FN4O3S/c1-16(2)13-29(23(32)18-4-6-19(25)7-5-18)14-21(30)27-24-26-20(15-33-24)12-22(31)28-10-8-17(3)9-11-28/h4-7,15-17H,8-14H2,1-3H3,(H,26,27,30). The van der Waals surface area contributed by atoms with E-state index in [4.69, 9.17) is 0 Å². The van der Waals surface area contributed by atoms with Crippen molar-refractivity contribution in [1.29, 1.82) is 0 Å².